The van der Waals surface area contributed by atoms with E-state index in [0.717, 1.165) is 6.42 Å². The minimum absolute atomic E-state index is 0.298. The first-order chi connectivity index (χ1) is 10.4. The van der Waals surface area contributed by atoms with Gasteiger partial charge in [0.15, 0.2) is 0 Å². The van der Waals surface area contributed by atoms with Gasteiger partial charge in [0.2, 0.25) is 0 Å². The van der Waals surface area contributed by atoms with Crippen molar-refractivity contribution in [3.8, 4) is 11.1 Å². The van der Waals surface area contributed by atoms with Crippen molar-refractivity contribution in [1.29, 1.82) is 0 Å². The molecule has 1 aliphatic rings. The van der Waals surface area contributed by atoms with Gasteiger partial charge in [0.1, 0.15) is 0 Å². The van der Waals surface area contributed by atoms with Crippen LogP contribution in [0.4, 0.5) is 0 Å². The normalized spacial score (nSPS) is 17.3. The number of hydrogen-bond donors (Lipinski definition) is 0. The molecule has 2 aromatic rings. The quantitative estimate of drug-likeness (QED) is 0.589. The van der Waals surface area contributed by atoms with E-state index in [4.69, 9.17) is 0 Å². The molecule has 0 unspecified atom stereocenters. The highest BCUT2D eigenvalue weighted by atomic mass is 14.4. The van der Waals surface area contributed by atoms with E-state index in [1.807, 2.05) is 0 Å². The fourth-order valence-electron chi connectivity index (χ4n) is 3.90. The van der Waals surface area contributed by atoms with Crippen molar-refractivity contribution < 1.29 is 0 Å². The highest BCUT2D eigenvalue weighted by Gasteiger charge is 2.34. The summed E-state index contributed by atoms with van der Waals surface area (Å²) in [5, 5.41) is 0. The molecule has 108 valence electrons. The van der Waals surface area contributed by atoms with Crippen LogP contribution in [-0.4, -0.2) is 0 Å². The molecule has 2 aromatic carbocycles. The van der Waals surface area contributed by atoms with Crippen LogP contribution in [0.2, 0.25) is 0 Å². The van der Waals surface area contributed by atoms with Gasteiger partial charge in [-0.25, -0.2) is 0 Å². The first-order valence-corrected chi connectivity index (χ1v) is 8.12. The smallest absolute Gasteiger partial charge is 0.000650 e. The van der Waals surface area contributed by atoms with Crippen LogP contribution in [0.3, 0.4) is 0 Å². The Morgan fingerprint density at radius 2 is 1.52 bits per heavy atom. The number of hydrogen-bond acceptors (Lipinski definition) is 0. The zero-order valence-electron chi connectivity index (χ0n) is 12.7. The van der Waals surface area contributed by atoms with Crippen LogP contribution in [-0.2, 0) is 5.41 Å². The summed E-state index contributed by atoms with van der Waals surface area (Å²) in [7, 11) is 0. The zero-order valence-corrected chi connectivity index (χ0v) is 12.7. The van der Waals surface area contributed by atoms with E-state index in [0.29, 0.717) is 5.41 Å². The molecule has 3 rings (SSSR count). The van der Waals surface area contributed by atoms with Crippen molar-refractivity contribution in [2.45, 2.75) is 43.9 Å². The third kappa shape index (κ3) is 2.81. The Morgan fingerprint density at radius 1 is 0.857 bits per heavy atom. The average Bonchev–Trinajstić information content (AvgIpc) is 2.57. The lowest BCUT2D eigenvalue weighted by Crippen LogP contribution is -2.29. The zero-order chi connectivity index (χ0) is 14.5. The van der Waals surface area contributed by atoms with Crippen LogP contribution >= 0.6 is 0 Å². The summed E-state index contributed by atoms with van der Waals surface area (Å²) in [6, 6.07) is 19.8. The third-order valence-electron chi connectivity index (χ3n) is 4.93. The second-order valence-corrected chi connectivity index (χ2v) is 6.25. The average molecular weight is 276 g/mol. The fraction of sp³-hybridized carbons (Fsp3) is 0.333. The Morgan fingerprint density at radius 3 is 2.24 bits per heavy atom. The minimum Gasteiger partial charge on any atom is -0.103 e. The molecule has 0 bridgehead atoms. The van der Waals surface area contributed by atoms with E-state index in [9.17, 15) is 0 Å². The molecule has 0 amide bonds. The molecule has 0 atom stereocenters. The second-order valence-electron chi connectivity index (χ2n) is 6.25. The van der Waals surface area contributed by atoms with Gasteiger partial charge < -0.3 is 0 Å². The van der Waals surface area contributed by atoms with Gasteiger partial charge in [-0.2, -0.15) is 0 Å². The summed E-state index contributed by atoms with van der Waals surface area (Å²) in [5.74, 6) is 0. The van der Waals surface area contributed by atoms with E-state index < -0.39 is 0 Å². The van der Waals surface area contributed by atoms with E-state index in [1.54, 1.807) is 0 Å². The first kappa shape index (κ1) is 14.1. The van der Waals surface area contributed by atoms with Gasteiger partial charge in [-0.05, 0) is 41.4 Å². The summed E-state index contributed by atoms with van der Waals surface area (Å²) in [6.45, 7) is 4.03. The molecular formula is C21H24. The highest BCUT2D eigenvalue weighted by Crippen LogP contribution is 2.45. The summed E-state index contributed by atoms with van der Waals surface area (Å²) < 4.78 is 0. The van der Waals surface area contributed by atoms with Crippen LogP contribution in [0.1, 0.15) is 44.1 Å². The molecule has 1 aliphatic carbocycles. The van der Waals surface area contributed by atoms with E-state index in [-0.39, 0.29) is 0 Å². The molecule has 0 heterocycles. The van der Waals surface area contributed by atoms with Crippen molar-refractivity contribution in [1.82, 2.24) is 0 Å². The number of rotatable bonds is 4. The molecule has 21 heavy (non-hydrogen) atoms. The van der Waals surface area contributed by atoms with Gasteiger partial charge in [-0.3, -0.25) is 0 Å². The fourth-order valence-corrected chi connectivity index (χ4v) is 3.90. The third-order valence-corrected chi connectivity index (χ3v) is 4.93. The van der Waals surface area contributed by atoms with Crippen LogP contribution in [0.5, 0.6) is 0 Å². The van der Waals surface area contributed by atoms with E-state index >= 15 is 0 Å². The molecule has 1 fully saturated rings. The maximum absolute atomic E-state index is 4.03. The Hall–Kier alpha value is -1.82. The first-order valence-electron chi connectivity index (χ1n) is 8.12. The van der Waals surface area contributed by atoms with Crippen LogP contribution in [0.15, 0.2) is 67.3 Å². The molecule has 1 saturated carbocycles. The van der Waals surface area contributed by atoms with Gasteiger partial charge >= 0.3 is 0 Å². The van der Waals surface area contributed by atoms with Gasteiger partial charge in [0.05, 0.1) is 0 Å². The molecule has 0 heteroatoms. The summed E-state index contributed by atoms with van der Waals surface area (Å²) >= 11 is 0. The molecule has 0 spiro atoms. The lowest BCUT2D eigenvalue weighted by molar-refractivity contribution is 0.296. The largest absolute Gasteiger partial charge is 0.103 e. The maximum atomic E-state index is 4.03. The van der Waals surface area contributed by atoms with Gasteiger partial charge in [0.25, 0.3) is 0 Å². The Bertz CT molecular complexity index is 588. The molecule has 0 nitrogen and oxygen atoms in total. The second kappa shape index (κ2) is 6.30. The van der Waals surface area contributed by atoms with Crippen LogP contribution < -0.4 is 0 Å². The maximum Gasteiger partial charge on any atom is -0.000650 e. The van der Waals surface area contributed by atoms with Gasteiger partial charge in [-0.15, -0.1) is 6.58 Å². The van der Waals surface area contributed by atoms with Crippen LogP contribution in [0, 0.1) is 0 Å². The molecule has 0 aromatic heterocycles. The Kier molecular flexibility index (Phi) is 4.24. The van der Waals surface area contributed by atoms with Crippen LogP contribution in [0.25, 0.3) is 11.1 Å². The van der Waals surface area contributed by atoms with Crippen molar-refractivity contribution in [2.75, 3.05) is 0 Å². The highest BCUT2D eigenvalue weighted by molar-refractivity contribution is 5.69. The SMILES string of the molecule is C=CCC1(c2ccccc2-c2ccccc2)CCCCC1. The monoisotopic (exact) mass is 276 g/mol. The molecule has 0 aliphatic heterocycles. The summed E-state index contributed by atoms with van der Waals surface area (Å²) in [4.78, 5) is 0. The number of benzene rings is 2. The molecule has 0 saturated heterocycles. The summed E-state index contributed by atoms with van der Waals surface area (Å²) in [6.07, 6.45) is 9.87. The topological polar surface area (TPSA) is 0 Å². The van der Waals surface area contributed by atoms with E-state index in [2.05, 4.69) is 67.3 Å². The lowest BCUT2D eigenvalue weighted by atomic mass is 9.66. The standard InChI is InChI=1S/C21H24/c1-2-15-21(16-9-4-10-17-21)20-14-8-7-13-19(20)18-11-5-3-6-12-18/h2-3,5-8,11-14H,1,4,9-10,15-17H2. The minimum atomic E-state index is 0.298. The molecular weight excluding hydrogens is 252 g/mol. The van der Waals surface area contributed by atoms with Gasteiger partial charge in [0, 0.05) is 0 Å². The Labute approximate surface area is 128 Å². The predicted octanol–water partition coefficient (Wildman–Crippen LogP) is 6.13. The number of allylic oxidation sites excluding steroid dienone is 1. The van der Waals surface area contributed by atoms with E-state index in [1.165, 1.54) is 48.8 Å². The predicted molar refractivity (Wildman–Crippen MR) is 91.5 cm³/mol. The lowest BCUT2D eigenvalue weighted by Gasteiger charge is -2.38. The Balaban J connectivity index is 2.10. The molecule has 0 N–H and O–H groups in total. The van der Waals surface area contributed by atoms with Crippen molar-refractivity contribution in [3.63, 3.8) is 0 Å². The molecule has 0 radical (unpaired) electrons. The van der Waals surface area contributed by atoms with Gasteiger partial charge in [-0.1, -0.05) is 79.9 Å². The van der Waals surface area contributed by atoms with Crippen molar-refractivity contribution in [3.05, 3.63) is 72.8 Å². The summed E-state index contributed by atoms with van der Waals surface area (Å²) in [5.41, 5.74) is 4.56. The van der Waals surface area contributed by atoms with Crippen molar-refractivity contribution >= 4 is 0 Å². The van der Waals surface area contributed by atoms with Crippen molar-refractivity contribution in [2.24, 2.45) is 0 Å².